The first-order chi connectivity index (χ1) is 28.9. The molecule has 1 aliphatic heterocycles. The number of hydrogen-bond donors (Lipinski definition) is 4. The third-order valence-electron chi connectivity index (χ3n) is 9.75. The van der Waals surface area contributed by atoms with E-state index in [1.165, 1.54) is 0 Å². The van der Waals surface area contributed by atoms with Crippen LogP contribution >= 0.6 is 7.14 Å². The molecular weight excluding hydrogens is 778 g/mol. The highest BCUT2D eigenvalue weighted by Crippen LogP contribution is 2.41. The molecule has 6 aromatic rings. The Balaban J connectivity index is 1.08. The smallest absolute Gasteiger partial charge is 0.324 e. The van der Waals surface area contributed by atoms with Gasteiger partial charge in [0.15, 0.2) is 0 Å². The minimum absolute atomic E-state index is 0.112. The average molecular weight is 826 g/mol. The second-order valence-electron chi connectivity index (χ2n) is 15.3. The molecule has 308 valence electrons. The fourth-order valence-corrected chi connectivity index (χ4v) is 7.95. The lowest BCUT2D eigenvalue weighted by Gasteiger charge is -2.35. The highest BCUT2D eigenvalue weighted by Gasteiger charge is 2.26. The maximum atomic E-state index is 13.7. The monoisotopic (exact) mass is 825 g/mol. The lowest BCUT2D eigenvalue weighted by molar-refractivity contribution is 0.0107. The van der Waals surface area contributed by atoms with Crippen LogP contribution in [0.2, 0.25) is 0 Å². The van der Waals surface area contributed by atoms with Crippen LogP contribution in [0.1, 0.15) is 41.4 Å². The number of amides is 3. The summed E-state index contributed by atoms with van der Waals surface area (Å²) in [7, 11) is -2.31. The number of carbonyl (C=O) groups excluding carboxylic acids is 2. The molecule has 1 fully saturated rings. The van der Waals surface area contributed by atoms with E-state index in [1.54, 1.807) is 66.7 Å². The standard InChI is InChI=1S/C45H48N9O5P/c1-6-33-28-58-24-23-53(33)27-40(48-43(55)32-14-8-7-9-15-32)49-44-46-22-21-42(51-44)59-39-20-19-37(35-17-10-11-18-36(35)39)47-45(56)50-41-26-38(30(2)3)52-54(41)34-16-12-13-31(25-34)29-60(4,5)57/h1,7-22,25-26,30,33,40H,23-24,27-29H2,2-5H3,(H,48,55)(H,46,49,51)(H2,47,50,56). The summed E-state index contributed by atoms with van der Waals surface area (Å²) in [5.74, 6) is 4.11. The molecule has 4 aromatic carbocycles. The van der Waals surface area contributed by atoms with Gasteiger partial charge in [0.25, 0.3) is 5.91 Å². The van der Waals surface area contributed by atoms with Gasteiger partial charge in [0.2, 0.25) is 11.8 Å². The Morgan fingerprint density at radius 2 is 1.75 bits per heavy atom. The van der Waals surface area contributed by atoms with Gasteiger partial charge in [-0.3, -0.25) is 15.0 Å². The molecule has 3 amide bonds. The number of nitrogens with zero attached hydrogens (tertiary/aromatic N) is 5. The van der Waals surface area contributed by atoms with Crippen LogP contribution in [-0.4, -0.2) is 88.4 Å². The number of ether oxygens (including phenoxy) is 2. The fraction of sp³-hybridized carbons (Fsp3) is 0.267. The van der Waals surface area contributed by atoms with E-state index in [4.69, 9.17) is 21.0 Å². The van der Waals surface area contributed by atoms with E-state index in [9.17, 15) is 14.2 Å². The highest BCUT2D eigenvalue weighted by molar-refractivity contribution is 7.61. The van der Waals surface area contributed by atoms with Crippen molar-refractivity contribution >= 4 is 47.3 Å². The molecule has 2 aromatic heterocycles. The molecule has 1 aliphatic rings. The van der Waals surface area contributed by atoms with E-state index < -0.39 is 19.3 Å². The van der Waals surface area contributed by atoms with E-state index in [1.807, 2.05) is 74.5 Å². The van der Waals surface area contributed by atoms with Crippen LogP contribution in [0.3, 0.4) is 0 Å². The molecule has 0 bridgehead atoms. The molecular formula is C45H48N9O5P. The van der Waals surface area contributed by atoms with E-state index in [0.717, 1.165) is 27.7 Å². The van der Waals surface area contributed by atoms with Crippen LogP contribution in [-0.2, 0) is 15.5 Å². The van der Waals surface area contributed by atoms with Crippen LogP contribution in [0, 0.1) is 12.3 Å². The summed E-state index contributed by atoms with van der Waals surface area (Å²) in [4.78, 5) is 38.0. The fourth-order valence-electron chi connectivity index (χ4n) is 6.87. The Kier molecular flexibility index (Phi) is 12.9. The molecule has 0 aliphatic carbocycles. The number of urea groups is 1. The van der Waals surface area contributed by atoms with E-state index in [2.05, 4.69) is 42.1 Å². The highest BCUT2D eigenvalue weighted by atomic mass is 31.2. The van der Waals surface area contributed by atoms with Gasteiger partial charge in [0.05, 0.1) is 43.5 Å². The first kappa shape index (κ1) is 41.6. The first-order valence-corrected chi connectivity index (χ1v) is 22.5. The number of rotatable bonds is 14. The van der Waals surface area contributed by atoms with Crippen molar-refractivity contribution in [2.45, 2.75) is 38.1 Å². The molecule has 3 heterocycles. The van der Waals surface area contributed by atoms with Crippen LogP contribution < -0.4 is 26.0 Å². The molecule has 7 rings (SSSR count). The molecule has 60 heavy (non-hydrogen) atoms. The van der Waals surface area contributed by atoms with Gasteiger partial charge in [-0.15, -0.1) is 6.42 Å². The van der Waals surface area contributed by atoms with Gasteiger partial charge >= 0.3 is 6.03 Å². The minimum Gasteiger partial charge on any atom is -0.438 e. The molecule has 0 saturated carbocycles. The number of anilines is 3. The summed E-state index contributed by atoms with van der Waals surface area (Å²) < 4.78 is 26.2. The van der Waals surface area contributed by atoms with Gasteiger partial charge in [-0.05, 0) is 61.2 Å². The van der Waals surface area contributed by atoms with E-state index >= 15 is 0 Å². The Hall–Kier alpha value is -6.52. The zero-order chi connectivity index (χ0) is 42.2. The number of carbonyl (C=O) groups is 2. The predicted molar refractivity (Wildman–Crippen MR) is 236 cm³/mol. The lowest BCUT2D eigenvalue weighted by atomic mass is 10.1. The van der Waals surface area contributed by atoms with Gasteiger partial charge in [-0.2, -0.15) is 10.1 Å². The maximum Gasteiger partial charge on any atom is 0.324 e. The van der Waals surface area contributed by atoms with Crippen LogP contribution in [0.4, 0.5) is 22.2 Å². The van der Waals surface area contributed by atoms with Gasteiger partial charge in [0.1, 0.15) is 17.7 Å². The number of morpholine rings is 1. The summed E-state index contributed by atoms with van der Waals surface area (Å²) in [5, 5.41) is 18.6. The molecule has 0 radical (unpaired) electrons. The van der Waals surface area contributed by atoms with Gasteiger partial charge in [-0.1, -0.05) is 74.4 Å². The van der Waals surface area contributed by atoms with Crippen molar-refractivity contribution in [1.82, 2.24) is 30.0 Å². The molecule has 2 atom stereocenters. The summed E-state index contributed by atoms with van der Waals surface area (Å²) in [6, 6.07) is 30.5. The maximum absolute atomic E-state index is 13.7. The zero-order valence-electron chi connectivity index (χ0n) is 34.0. The number of benzene rings is 4. The average Bonchev–Trinajstić information content (AvgIpc) is 3.66. The summed E-state index contributed by atoms with van der Waals surface area (Å²) in [6.07, 6.45) is 7.23. The molecule has 1 saturated heterocycles. The van der Waals surface area contributed by atoms with Crippen molar-refractivity contribution in [3.63, 3.8) is 0 Å². The molecule has 15 heteroatoms. The number of fused-ring (bicyclic) bond motifs is 1. The van der Waals surface area contributed by atoms with Gasteiger partial charge in [0, 0.05) is 53.9 Å². The van der Waals surface area contributed by atoms with Gasteiger partial charge < -0.3 is 30.0 Å². The van der Waals surface area contributed by atoms with Gasteiger partial charge in [-0.25, -0.2) is 14.5 Å². The predicted octanol–water partition coefficient (Wildman–Crippen LogP) is 8.00. The molecule has 0 spiro atoms. The van der Waals surface area contributed by atoms with Crippen molar-refractivity contribution in [2.75, 3.05) is 55.6 Å². The van der Waals surface area contributed by atoms with Crippen molar-refractivity contribution in [1.29, 1.82) is 0 Å². The van der Waals surface area contributed by atoms with Crippen LogP contribution in [0.25, 0.3) is 16.5 Å². The molecule has 4 N–H and O–H groups in total. The first-order valence-electron chi connectivity index (χ1n) is 19.7. The van der Waals surface area contributed by atoms with Crippen LogP contribution in [0.15, 0.2) is 109 Å². The van der Waals surface area contributed by atoms with Crippen LogP contribution in [0.5, 0.6) is 11.6 Å². The van der Waals surface area contributed by atoms with Crippen molar-refractivity contribution in [2.24, 2.45) is 0 Å². The SMILES string of the molecule is C#CC1COCCN1CC(NC(=O)c1ccccc1)Nc1nccc(Oc2ccc(NC(=O)Nc3cc(C(C)C)nn3-c3cccc(CP(C)(C)=O)c3)c3ccccc23)n1. The largest absolute Gasteiger partial charge is 0.438 e. The Morgan fingerprint density at radius 3 is 2.52 bits per heavy atom. The van der Waals surface area contributed by atoms with Crippen molar-refractivity contribution < 1.29 is 23.6 Å². The second kappa shape index (κ2) is 18.6. The topological polar surface area (TPSA) is 165 Å². The number of hydrogen-bond acceptors (Lipinski definition) is 10. The Labute approximate surface area is 349 Å². The Bertz CT molecular complexity index is 2570. The third kappa shape index (κ3) is 10.6. The van der Waals surface area contributed by atoms with Crippen molar-refractivity contribution in [3.8, 4) is 29.7 Å². The quantitative estimate of drug-likeness (QED) is 0.0481. The summed E-state index contributed by atoms with van der Waals surface area (Å²) >= 11 is 0. The summed E-state index contributed by atoms with van der Waals surface area (Å²) in [5.41, 5.74) is 3.56. The van der Waals surface area contributed by atoms with E-state index in [-0.39, 0.29) is 29.7 Å². The number of terminal acetylenes is 1. The lowest BCUT2D eigenvalue weighted by Crippen LogP contribution is -2.54. The normalized spacial score (nSPS) is 14.9. The molecule has 2 unspecified atom stereocenters. The second-order valence-corrected chi connectivity index (χ2v) is 18.7. The number of nitrogens with one attached hydrogen (secondary N) is 4. The minimum atomic E-state index is -2.31. The van der Waals surface area contributed by atoms with E-state index in [0.29, 0.717) is 55.3 Å². The zero-order valence-corrected chi connectivity index (χ0v) is 34.9. The Morgan fingerprint density at radius 1 is 0.967 bits per heavy atom. The van der Waals surface area contributed by atoms with Crippen molar-refractivity contribution in [3.05, 3.63) is 126 Å². The summed E-state index contributed by atoms with van der Waals surface area (Å²) in [6.45, 7) is 9.50. The molecule has 14 nitrogen and oxygen atoms in total. The number of aromatic nitrogens is 4. The third-order valence-corrected chi connectivity index (χ3v) is 10.9.